The molecule has 6 nitrogen and oxygen atoms in total. The molecule has 2 amide bonds. The standard InChI is InChI=1S/C13H17ClN2O4/c1-9(20-11-4-2-10(17)3-5-11)13(19)16-7-6-15-12(18)8-14/h2-5,9,17H,6-8H2,1H3,(H,15,18)(H,16,19). The fourth-order valence-electron chi connectivity index (χ4n) is 1.36. The van der Waals surface area contributed by atoms with Gasteiger partial charge in [0, 0.05) is 13.1 Å². The van der Waals surface area contributed by atoms with Gasteiger partial charge in [-0.3, -0.25) is 9.59 Å². The summed E-state index contributed by atoms with van der Waals surface area (Å²) in [7, 11) is 0. The summed E-state index contributed by atoms with van der Waals surface area (Å²) >= 11 is 5.31. The SMILES string of the molecule is CC(Oc1ccc(O)cc1)C(=O)NCCNC(=O)CCl. The molecule has 7 heteroatoms. The van der Waals surface area contributed by atoms with Crippen LogP contribution in [0.25, 0.3) is 0 Å². The number of amides is 2. The van der Waals surface area contributed by atoms with Crippen molar-refractivity contribution >= 4 is 23.4 Å². The third kappa shape index (κ3) is 5.79. The van der Waals surface area contributed by atoms with Crippen LogP contribution in [-0.2, 0) is 9.59 Å². The first-order chi connectivity index (χ1) is 9.52. The molecule has 0 saturated carbocycles. The molecule has 1 aromatic rings. The van der Waals surface area contributed by atoms with E-state index in [4.69, 9.17) is 21.4 Å². The molecule has 0 bridgehead atoms. The van der Waals surface area contributed by atoms with E-state index in [0.29, 0.717) is 18.8 Å². The fraction of sp³-hybridized carbons (Fsp3) is 0.385. The van der Waals surface area contributed by atoms with Crippen LogP contribution in [0.1, 0.15) is 6.92 Å². The van der Waals surface area contributed by atoms with Crippen molar-refractivity contribution in [3.63, 3.8) is 0 Å². The second-order valence-electron chi connectivity index (χ2n) is 4.03. The van der Waals surface area contributed by atoms with Gasteiger partial charge >= 0.3 is 0 Å². The molecule has 0 spiro atoms. The van der Waals surface area contributed by atoms with E-state index in [1.807, 2.05) is 0 Å². The quantitative estimate of drug-likeness (QED) is 0.509. The number of halogens is 1. The number of carbonyl (C=O) groups is 2. The largest absolute Gasteiger partial charge is 0.508 e. The number of phenols is 1. The zero-order chi connectivity index (χ0) is 15.0. The van der Waals surface area contributed by atoms with Crippen LogP contribution in [-0.4, -0.2) is 42.0 Å². The van der Waals surface area contributed by atoms with Crippen molar-refractivity contribution in [2.75, 3.05) is 19.0 Å². The van der Waals surface area contributed by atoms with E-state index in [2.05, 4.69) is 10.6 Å². The Bertz CT molecular complexity index is 450. The van der Waals surface area contributed by atoms with Gasteiger partial charge in [0.2, 0.25) is 5.91 Å². The summed E-state index contributed by atoms with van der Waals surface area (Å²) in [6.45, 7) is 2.22. The number of alkyl halides is 1. The predicted octanol–water partition coefficient (Wildman–Crippen LogP) is 0.631. The zero-order valence-corrected chi connectivity index (χ0v) is 11.8. The van der Waals surface area contributed by atoms with Gasteiger partial charge in [-0.2, -0.15) is 0 Å². The van der Waals surface area contributed by atoms with Crippen molar-refractivity contribution in [1.82, 2.24) is 10.6 Å². The summed E-state index contributed by atoms with van der Waals surface area (Å²) in [6.07, 6.45) is -0.678. The number of carbonyl (C=O) groups excluding carboxylic acids is 2. The van der Waals surface area contributed by atoms with Gasteiger partial charge in [-0.05, 0) is 31.2 Å². The van der Waals surface area contributed by atoms with E-state index in [9.17, 15) is 9.59 Å². The Morgan fingerprint density at radius 2 is 1.85 bits per heavy atom. The Hall–Kier alpha value is -1.95. The summed E-state index contributed by atoms with van der Waals surface area (Å²) < 4.78 is 5.40. The maximum absolute atomic E-state index is 11.7. The first-order valence-electron chi connectivity index (χ1n) is 6.09. The van der Waals surface area contributed by atoms with Gasteiger partial charge in [-0.1, -0.05) is 0 Å². The highest BCUT2D eigenvalue weighted by Gasteiger charge is 2.13. The van der Waals surface area contributed by atoms with Crippen molar-refractivity contribution in [2.24, 2.45) is 0 Å². The molecule has 1 aromatic carbocycles. The minimum Gasteiger partial charge on any atom is -0.508 e. The molecule has 0 radical (unpaired) electrons. The summed E-state index contributed by atoms with van der Waals surface area (Å²) in [5, 5.41) is 14.3. The second kappa shape index (κ2) is 8.27. The van der Waals surface area contributed by atoms with Crippen molar-refractivity contribution in [3.8, 4) is 11.5 Å². The molecule has 1 atom stereocenters. The van der Waals surface area contributed by atoms with Crippen LogP contribution in [0.15, 0.2) is 24.3 Å². The number of rotatable bonds is 7. The van der Waals surface area contributed by atoms with Crippen LogP contribution in [0.3, 0.4) is 0 Å². The van der Waals surface area contributed by atoms with Crippen LogP contribution in [0.4, 0.5) is 0 Å². The normalized spacial score (nSPS) is 11.5. The van der Waals surface area contributed by atoms with Gasteiger partial charge in [0.15, 0.2) is 6.10 Å². The molecule has 1 rings (SSSR count). The third-order valence-corrected chi connectivity index (χ3v) is 2.63. The monoisotopic (exact) mass is 300 g/mol. The van der Waals surface area contributed by atoms with Crippen molar-refractivity contribution in [1.29, 1.82) is 0 Å². The number of hydrogen-bond donors (Lipinski definition) is 3. The lowest BCUT2D eigenvalue weighted by Gasteiger charge is -2.14. The highest BCUT2D eigenvalue weighted by molar-refractivity contribution is 6.27. The Morgan fingerprint density at radius 3 is 2.45 bits per heavy atom. The Kier molecular flexibility index (Phi) is 6.66. The Balaban J connectivity index is 2.28. The van der Waals surface area contributed by atoms with Crippen molar-refractivity contribution < 1.29 is 19.4 Å². The zero-order valence-electron chi connectivity index (χ0n) is 11.1. The Morgan fingerprint density at radius 1 is 1.25 bits per heavy atom. The van der Waals surface area contributed by atoms with Gasteiger partial charge in [0.1, 0.15) is 17.4 Å². The summed E-state index contributed by atoms with van der Waals surface area (Å²) in [4.78, 5) is 22.6. The number of phenolic OH excluding ortho intramolecular Hbond substituents is 1. The molecular formula is C13H17ClN2O4. The van der Waals surface area contributed by atoms with E-state index >= 15 is 0 Å². The van der Waals surface area contributed by atoms with Crippen LogP contribution in [0.5, 0.6) is 11.5 Å². The van der Waals surface area contributed by atoms with E-state index in [-0.39, 0.29) is 23.4 Å². The van der Waals surface area contributed by atoms with Gasteiger partial charge in [-0.25, -0.2) is 0 Å². The molecular weight excluding hydrogens is 284 g/mol. The molecule has 1 unspecified atom stereocenters. The van der Waals surface area contributed by atoms with Gasteiger partial charge < -0.3 is 20.5 Å². The average molecular weight is 301 g/mol. The molecule has 3 N–H and O–H groups in total. The molecule has 110 valence electrons. The maximum atomic E-state index is 11.7. The van der Waals surface area contributed by atoms with E-state index in [1.54, 1.807) is 19.1 Å². The van der Waals surface area contributed by atoms with Gasteiger partial charge in [0.05, 0.1) is 0 Å². The summed E-state index contributed by atoms with van der Waals surface area (Å²) in [5.74, 6) is -0.0632. The molecule has 0 aliphatic carbocycles. The molecule has 0 aliphatic rings. The minimum atomic E-state index is -0.678. The first kappa shape index (κ1) is 16.1. The van der Waals surface area contributed by atoms with Gasteiger partial charge in [0.25, 0.3) is 5.91 Å². The number of nitrogens with one attached hydrogen (secondary N) is 2. The predicted molar refractivity (Wildman–Crippen MR) is 74.9 cm³/mol. The maximum Gasteiger partial charge on any atom is 0.260 e. The van der Waals surface area contributed by atoms with Crippen LogP contribution >= 0.6 is 11.6 Å². The highest BCUT2D eigenvalue weighted by atomic mass is 35.5. The highest BCUT2D eigenvalue weighted by Crippen LogP contribution is 2.17. The molecule has 0 aliphatic heterocycles. The number of benzene rings is 1. The lowest BCUT2D eigenvalue weighted by atomic mass is 10.3. The Labute approximate surface area is 122 Å². The number of hydrogen-bond acceptors (Lipinski definition) is 4. The summed E-state index contributed by atoms with van der Waals surface area (Å²) in [5.41, 5.74) is 0. The topological polar surface area (TPSA) is 87.7 Å². The molecule has 0 saturated heterocycles. The number of aromatic hydroxyl groups is 1. The molecule has 0 fully saturated rings. The smallest absolute Gasteiger partial charge is 0.260 e. The number of ether oxygens (including phenoxy) is 1. The van der Waals surface area contributed by atoms with E-state index < -0.39 is 6.10 Å². The second-order valence-corrected chi connectivity index (χ2v) is 4.30. The third-order valence-electron chi connectivity index (χ3n) is 2.39. The molecule has 20 heavy (non-hydrogen) atoms. The fourth-order valence-corrected chi connectivity index (χ4v) is 1.46. The van der Waals surface area contributed by atoms with E-state index in [0.717, 1.165) is 0 Å². The minimum absolute atomic E-state index is 0.103. The van der Waals surface area contributed by atoms with Gasteiger partial charge in [-0.15, -0.1) is 11.6 Å². The molecule has 0 heterocycles. The molecule has 0 aromatic heterocycles. The van der Waals surface area contributed by atoms with Crippen LogP contribution in [0, 0.1) is 0 Å². The van der Waals surface area contributed by atoms with Crippen molar-refractivity contribution in [3.05, 3.63) is 24.3 Å². The first-order valence-corrected chi connectivity index (χ1v) is 6.62. The van der Waals surface area contributed by atoms with Crippen LogP contribution in [0.2, 0.25) is 0 Å². The van der Waals surface area contributed by atoms with Crippen molar-refractivity contribution in [2.45, 2.75) is 13.0 Å². The lowest BCUT2D eigenvalue weighted by molar-refractivity contribution is -0.127. The lowest BCUT2D eigenvalue weighted by Crippen LogP contribution is -2.40. The van der Waals surface area contributed by atoms with Crippen LogP contribution < -0.4 is 15.4 Å². The van der Waals surface area contributed by atoms with E-state index in [1.165, 1.54) is 12.1 Å². The summed E-state index contributed by atoms with van der Waals surface area (Å²) in [6, 6.07) is 6.09. The average Bonchev–Trinajstić information content (AvgIpc) is 2.45.